The smallest absolute Gasteiger partial charge is 0.321 e. The molecule has 1 amide bonds. The zero-order chi connectivity index (χ0) is 17.3. The number of hydrogen-bond donors (Lipinski definition) is 6. The molecular formula is C14H26N4O5. The SMILES string of the molecule is NC(=O)C1(C(NCCNCCNCC(=O)O)C(=O)O)CCCC1. The maximum atomic E-state index is 11.8. The van der Waals surface area contributed by atoms with Crippen molar-refractivity contribution >= 4 is 17.8 Å². The summed E-state index contributed by atoms with van der Waals surface area (Å²) in [6.45, 7) is 1.86. The van der Waals surface area contributed by atoms with Crippen molar-refractivity contribution in [3.05, 3.63) is 0 Å². The summed E-state index contributed by atoms with van der Waals surface area (Å²) >= 11 is 0. The number of carbonyl (C=O) groups excluding carboxylic acids is 1. The second-order valence-corrected chi connectivity index (χ2v) is 5.77. The zero-order valence-corrected chi connectivity index (χ0v) is 13.1. The van der Waals surface area contributed by atoms with Crippen molar-refractivity contribution in [1.29, 1.82) is 0 Å². The van der Waals surface area contributed by atoms with Crippen molar-refractivity contribution in [2.45, 2.75) is 31.7 Å². The highest BCUT2D eigenvalue weighted by Crippen LogP contribution is 2.41. The predicted octanol–water partition coefficient (Wildman–Crippen LogP) is -1.66. The first-order chi connectivity index (χ1) is 10.9. The Morgan fingerprint density at radius 3 is 2.09 bits per heavy atom. The minimum absolute atomic E-state index is 0.0951. The molecule has 0 spiro atoms. The quantitative estimate of drug-likeness (QED) is 0.232. The maximum absolute atomic E-state index is 11.8. The van der Waals surface area contributed by atoms with Gasteiger partial charge < -0.3 is 31.9 Å². The van der Waals surface area contributed by atoms with Crippen LogP contribution in [0.1, 0.15) is 25.7 Å². The molecule has 0 aliphatic heterocycles. The molecule has 0 radical (unpaired) electrons. The molecule has 0 aromatic rings. The number of nitrogens with two attached hydrogens (primary N) is 1. The topological polar surface area (TPSA) is 154 Å². The molecule has 7 N–H and O–H groups in total. The van der Waals surface area contributed by atoms with Gasteiger partial charge in [0.2, 0.25) is 5.91 Å². The van der Waals surface area contributed by atoms with Crippen LogP contribution in [-0.2, 0) is 14.4 Å². The number of carboxylic acid groups (broad SMARTS) is 2. The van der Waals surface area contributed by atoms with Gasteiger partial charge in [-0.25, -0.2) is 0 Å². The summed E-state index contributed by atoms with van der Waals surface area (Å²) < 4.78 is 0. The van der Waals surface area contributed by atoms with Gasteiger partial charge in [0, 0.05) is 26.2 Å². The fourth-order valence-corrected chi connectivity index (χ4v) is 3.00. The Morgan fingerprint density at radius 2 is 1.57 bits per heavy atom. The molecule has 9 heteroatoms. The third-order valence-electron chi connectivity index (χ3n) is 4.19. The van der Waals surface area contributed by atoms with Gasteiger partial charge >= 0.3 is 11.9 Å². The van der Waals surface area contributed by atoms with E-state index in [0.29, 0.717) is 39.0 Å². The van der Waals surface area contributed by atoms with Gasteiger partial charge in [-0.1, -0.05) is 12.8 Å². The first kappa shape index (κ1) is 19.3. The van der Waals surface area contributed by atoms with E-state index in [1.807, 2.05) is 0 Å². The summed E-state index contributed by atoms with van der Waals surface area (Å²) in [6, 6.07) is -0.977. The highest BCUT2D eigenvalue weighted by atomic mass is 16.4. The van der Waals surface area contributed by atoms with Gasteiger partial charge in [0.1, 0.15) is 6.04 Å². The van der Waals surface area contributed by atoms with E-state index in [4.69, 9.17) is 10.8 Å². The lowest BCUT2D eigenvalue weighted by atomic mass is 9.77. The number of rotatable bonds is 12. The third-order valence-corrected chi connectivity index (χ3v) is 4.19. The number of amides is 1. The van der Waals surface area contributed by atoms with E-state index in [1.165, 1.54) is 0 Å². The first-order valence-corrected chi connectivity index (χ1v) is 7.79. The van der Waals surface area contributed by atoms with Crippen molar-refractivity contribution in [2.24, 2.45) is 11.1 Å². The van der Waals surface area contributed by atoms with Gasteiger partial charge in [0.15, 0.2) is 0 Å². The van der Waals surface area contributed by atoms with E-state index >= 15 is 0 Å². The van der Waals surface area contributed by atoms with Crippen LogP contribution in [0.25, 0.3) is 0 Å². The van der Waals surface area contributed by atoms with Crippen molar-refractivity contribution < 1.29 is 24.6 Å². The number of hydrogen-bond acceptors (Lipinski definition) is 6. The van der Waals surface area contributed by atoms with Gasteiger partial charge in [0.05, 0.1) is 12.0 Å². The molecule has 1 rings (SSSR count). The van der Waals surface area contributed by atoms with Gasteiger partial charge in [-0.3, -0.25) is 14.4 Å². The van der Waals surface area contributed by atoms with Crippen LogP contribution in [0.3, 0.4) is 0 Å². The molecule has 9 nitrogen and oxygen atoms in total. The Bertz CT molecular complexity index is 423. The summed E-state index contributed by atoms with van der Waals surface area (Å²) in [5.41, 5.74) is 4.46. The van der Waals surface area contributed by atoms with E-state index in [-0.39, 0.29) is 6.54 Å². The van der Waals surface area contributed by atoms with Gasteiger partial charge in [-0.15, -0.1) is 0 Å². The van der Waals surface area contributed by atoms with E-state index in [2.05, 4.69) is 16.0 Å². The summed E-state index contributed by atoms with van der Waals surface area (Å²) in [4.78, 5) is 33.6. The van der Waals surface area contributed by atoms with Crippen LogP contribution in [0, 0.1) is 5.41 Å². The molecule has 0 heterocycles. The Labute approximate surface area is 135 Å². The Kier molecular flexibility index (Phi) is 7.93. The summed E-state index contributed by atoms with van der Waals surface area (Å²) in [5.74, 6) is -2.53. The van der Waals surface area contributed by atoms with E-state index in [9.17, 15) is 19.5 Å². The molecular weight excluding hydrogens is 304 g/mol. The fraction of sp³-hybridized carbons (Fsp3) is 0.786. The van der Waals surface area contributed by atoms with E-state index in [0.717, 1.165) is 12.8 Å². The van der Waals surface area contributed by atoms with Crippen LogP contribution in [-0.4, -0.2) is 66.8 Å². The normalized spacial score (nSPS) is 17.7. The fourth-order valence-electron chi connectivity index (χ4n) is 3.00. The number of aliphatic carboxylic acids is 2. The van der Waals surface area contributed by atoms with Crippen LogP contribution < -0.4 is 21.7 Å². The van der Waals surface area contributed by atoms with Gasteiger partial charge in [0.25, 0.3) is 0 Å². The Hall–Kier alpha value is -1.71. The van der Waals surface area contributed by atoms with Crippen LogP contribution in [0.15, 0.2) is 0 Å². The van der Waals surface area contributed by atoms with Crippen LogP contribution >= 0.6 is 0 Å². The standard InChI is InChI=1S/C14H26N4O5/c15-13(23)14(3-1-2-4-14)11(12(21)22)18-8-7-16-5-6-17-9-10(19)20/h11,16-18H,1-9H2,(H2,15,23)(H,19,20)(H,21,22). The molecule has 1 unspecified atom stereocenters. The highest BCUT2D eigenvalue weighted by molar-refractivity contribution is 5.89. The molecule has 0 aromatic carbocycles. The predicted molar refractivity (Wildman–Crippen MR) is 82.9 cm³/mol. The minimum atomic E-state index is -1.06. The van der Waals surface area contributed by atoms with E-state index in [1.54, 1.807) is 0 Å². The average molecular weight is 330 g/mol. The summed E-state index contributed by atoms with van der Waals surface area (Å²) in [7, 11) is 0. The largest absolute Gasteiger partial charge is 0.480 e. The lowest BCUT2D eigenvalue weighted by molar-refractivity contribution is -0.148. The van der Waals surface area contributed by atoms with Gasteiger partial charge in [-0.2, -0.15) is 0 Å². The molecule has 132 valence electrons. The summed E-state index contributed by atoms with van der Waals surface area (Å²) in [6.07, 6.45) is 2.61. The van der Waals surface area contributed by atoms with Crippen molar-refractivity contribution in [1.82, 2.24) is 16.0 Å². The van der Waals surface area contributed by atoms with Crippen LogP contribution in [0.4, 0.5) is 0 Å². The number of nitrogens with one attached hydrogen (secondary N) is 3. The van der Waals surface area contributed by atoms with Crippen LogP contribution in [0.5, 0.6) is 0 Å². The maximum Gasteiger partial charge on any atom is 0.321 e. The van der Waals surface area contributed by atoms with Crippen molar-refractivity contribution in [3.8, 4) is 0 Å². The third kappa shape index (κ3) is 5.77. The van der Waals surface area contributed by atoms with Gasteiger partial charge in [-0.05, 0) is 12.8 Å². The number of carbonyl (C=O) groups is 3. The molecule has 0 saturated heterocycles. The molecule has 1 atom stereocenters. The second kappa shape index (κ2) is 9.43. The number of primary amides is 1. The number of carboxylic acids is 2. The van der Waals surface area contributed by atoms with Crippen molar-refractivity contribution in [2.75, 3.05) is 32.7 Å². The Balaban J connectivity index is 2.33. The molecule has 0 aromatic heterocycles. The monoisotopic (exact) mass is 330 g/mol. The zero-order valence-electron chi connectivity index (χ0n) is 13.1. The lowest BCUT2D eigenvalue weighted by Gasteiger charge is -2.32. The molecule has 1 aliphatic carbocycles. The lowest BCUT2D eigenvalue weighted by Crippen LogP contribution is -2.56. The van der Waals surface area contributed by atoms with Crippen LogP contribution in [0.2, 0.25) is 0 Å². The molecule has 1 aliphatic rings. The van der Waals surface area contributed by atoms with E-state index < -0.39 is 29.3 Å². The molecule has 23 heavy (non-hydrogen) atoms. The summed E-state index contributed by atoms with van der Waals surface area (Å²) in [5, 5.41) is 26.6. The molecule has 1 saturated carbocycles. The van der Waals surface area contributed by atoms with Crippen molar-refractivity contribution in [3.63, 3.8) is 0 Å². The second-order valence-electron chi connectivity index (χ2n) is 5.77. The highest BCUT2D eigenvalue weighted by Gasteiger charge is 2.49. The minimum Gasteiger partial charge on any atom is -0.480 e. The molecule has 1 fully saturated rings. The molecule has 0 bridgehead atoms. The average Bonchev–Trinajstić information content (AvgIpc) is 2.95. The Morgan fingerprint density at radius 1 is 1.00 bits per heavy atom. The first-order valence-electron chi connectivity index (χ1n) is 7.79.